The Morgan fingerprint density at radius 3 is 2.14 bits per heavy atom. The van der Waals surface area contributed by atoms with E-state index in [1.807, 2.05) is 14.1 Å². The Hall–Kier alpha value is 0.0700. The first kappa shape index (κ1) is 7.07. The fourth-order valence-electron chi connectivity index (χ4n) is 0.183. The molecule has 0 heterocycles. The van der Waals surface area contributed by atoms with Crippen molar-refractivity contribution < 1.29 is 0 Å². The highest BCUT2D eigenvalue weighted by molar-refractivity contribution is 8.00. The lowest BCUT2D eigenvalue weighted by Crippen LogP contribution is -2.33. The number of thiocarbonyl (C=S) groups is 1. The molecule has 7 heavy (non-hydrogen) atoms. The van der Waals surface area contributed by atoms with E-state index in [2.05, 4.69) is 30.3 Å². The fourth-order valence-corrected chi connectivity index (χ4v) is 0.548. The number of hydrazine groups is 1. The summed E-state index contributed by atoms with van der Waals surface area (Å²) in [5.74, 6) is 0. The first-order valence-corrected chi connectivity index (χ1v) is 2.59. The quantitative estimate of drug-likeness (QED) is 0.306. The summed E-state index contributed by atoms with van der Waals surface area (Å²) in [6, 6.07) is 0. The SMILES string of the molecule is CN(C)NC(=S)[S-]. The van der Waals surface area contributed by atoms with Crippen LogP contribution < -0.4 is 5.43 Å². The van der Waals surface area contributed by atoms with Gasteiger partial charge in [-0.2, -0.15) is 0 Å². The van der Waals surface area contributed by atoms with Crippen molar-refractivity contribution in [2.75, 3.05) is 14.1 Å². The molecule has 0 aromatic carbocycles. The average molecular weight is 135 g/mol. The lowest BCUT2D eigenvalue weighted by atomic mass is 11.1. The van der Waals surface area contributed by atoms with Gasteiger partial charge in [-0.15, -0.1) is 0 Å². The summed E-state index contributed by atoms with van der Waals surface area (Å²) in [6.45, 7) is 0. The smallest absolute Gasteiger partial charge is 0.00604 e. The van der Waals surface area contributed by atoms with E-state index in [1.54, 1.807) is 5.01 Å². The predicted molar refractivity (Wildman–Crippen MR) is 36.8 cm³/mol. The Bertz CT molecular complexity index is 71.3. The molecule has 42 valence electrons. The summed E-state index contributed by atoms with van der Waals surface area (Å²) in [7, 11) is 3.66. The van der Waals surface area contributed by atoms with Gasteiger partial charge < -0.3 is 30.3 Å². The standard InChI is InChI=1S/C3H8N2S2/c1-5(2)4-3(6)7/h1-2H3,(H2,4,6,7)/p-1. The molecule has 4 heteroatoms. The number of nitrogens with one attached hydrogen (secondary N) is 1. The third kappa shape index (κ3) is 6.07. The average Bonchev–Trinajstić information content (AvgIpc) is 1.27. The molecule has 0 fully saturated rings. The molecular formula is C3H7N2S2-. The maximum absolute atomic E-state index is 4.53. The molecule has 0 aromatic heterocycles. The van der Waals surface area contributed by atoms with Gasteiger partial charge in [0, 0.05) is 14.1 Å². The molecule has 0 rings (SSSR count). The van der Waals surface area contributed by atoms with E-state index in [1.165, 1.54) is 0 Å². The first-order valence-electron chi connectivity index (χ1n) is 1.78. The van der Waals surface area contributed by atoms with E-state index >= 15 is 0 Å². The van der Waals surface area contributed by atoms with Gasteiger partial charge in [0.1, 0.15) is 0 Å². The van der Waals surface area contributed by atoms with Crippen LogP contribution in [-0.2, 0) is 12.6 Å². The van der Waals surface area contributed by atoms with E-state index in [0.29, 0.717) is 4.32 Å². The number of nitrogens with zero attached hydrogens (tertiary/aromatic N) is 1. The molecule has 0 unspecified atom stereocenters. The Morgan fingerprint density at radius 2 is 2.14 bits per heavy atom. The summed E-state index contributed by atoms with van der Waals surface area (Å²) in [5, 5.41) is 1.70. The van der Waals surface area contributed by atoms with Crippen molar-refractivity contribution in [2.45, 2.75) is 0 Å². The minimum absolute atomic E-state index is 0.380. The van der Waals surface area contributed by atoms with Crippen LogP contribution in [0.2, 0.25) is 0 Å². The predicted octanol–water partition coefficient (Wildman–Crippen LogP) is -0.116. The number of rotatable bonds is 1. The molecule has 0 aliphatic carbocycles. The Morgan fingerprint density at radius 1 is 1.71 bits per heavy atom. The maximum atomic E-state index is 4.53. The van der Waals surface area contributed by atoms with Crippen molar-refractivity contribution in [2.24, 2.45) is 0 Å². The Kier molecular flexibility index (Phi) is 3.15. The van der Waals surface area contributed by atoms with Crippen molar-refractivity contribution >= 4 is 29.2 Å². The van der Waals surface area contributed by atoms with Crippen LogP contribution in [0.4, 0.5) is 0 Å². The van der Waals surface area contributed by atoms with Gasteiger partial charge in [0.2, 0.25) is 0 Å². The number of hydrogen-bond acceptors (Lipinski definition) is 3. The zero-order valence-corrected chi connectivity index (χ0v) is 5.90. The molecule has 0 aliphatic rings. The molecule has 0 atom stereocenters. The van der Waals surface area contributed by atoms with E-state index < -0.39 is 0 Å². The van der Waals surface area contributed by atoms with Crippen LogP contribution in [0.25, 0.3) is 0 Å². The van der Waals surface area contributed by atoms with Gasteiger partial charge in [0.05, 0.1) is 0 Å². The van der Waals surface area contributed by atoms with Gasteiger partial charge in [-0.05, 0) is 4.32 Å². The molecule has 0 saturated heterocycles. The van der Waals surface area contributed by atoms with E-state index in [9.17, 15) is 0 Å². The highest BCUT2D eigenvalue weighted by atomic mass is 32.1. The molecule has 0 aliphatic heterocycles. The summed E-state index contributed by atoms with van der Waals surface area (Å²) >= 11 is 9.07. The van der Waals surface area contributed by atoms with Crippen LogP contribution in [-0.4, -0.2) is 23.4 Å². The monoisotopic (exact) mass is 135 g/mol. The molecule has 0 aromatic rings. The fraction of sp³-hybridized carbons (Fsp3) is 0.667. The number of hydrogen-bond donors (Lipinski definition) is 1. The third-order valence-corrected chi connectivity index (χ3v) is 0.497. The molecule has 0 amide bonds. The van der Waals surface area contributed by atoms with E-state index in [4.69, 9.17) is 0 Å². The molecule has 1 N–H and O–H groups in total. The van der Waals surface area contributed by atoms with Gasteiger partial charge in [-0.25, -0.2) is 5.01 Å². The highest BCUT2D eigenvalue weighted by Crippen LogP contribution is 1.65. The Balaban J connectivity index is 3.13. The molecule has 2 nitrogen and oxygen atoms in total. The van der Waals surface area contributed by atoms with E-state index in [-0.39, 0.29) is 0 Å². The zero-order chi connectivity index (χ0) is 5.86. The lowest BCUT2D eigenvalue weighted by molar-refractivity contribution is 0.368. The molecular weight excluding hydrogens is 128 g/mol. The van der Waals surface area contributed by atoms with Gasteiger partial charge in [0.25, 0.3) is 0 Å². The molecule has 0 radical (unpaired) electrons. The minimum Gasteiger partial charge on any atom is -0.410 e. The topological polar surface area (TPSA) is 15.3 Å². The Labute approximate surface area is 54.3 Å². The summed E-state index contributed by atoms with van der Waals surface area (Å²) < 4.78 is 0.380. The van der Waals surface area contributed by atoms with Crippen molar-refractivity contribution in [3.8, 4) is 0 Å². The second-order valence-electron chi connectivity index (χ2n) is 1.29. The maximum Gasteiger partial charge on any atom is 0.00604 e. The molecule has 0 bridgehead atoms. The van der Waals surface area contributed by atoms with Crippen molar-refractivity contribution in [3.63, 3.8) is 0 Å². The van der Waals surface area contributed by atoms with Crippen molar-refractivity contribution in [1.29, 1.82) is 0 Å². The second kappa shape index (κ2) is 3.12. The third-order valence-electron chi connectivity index (χ3n) is 0.315. The van der Waals surface area contributed by atoms with Crippen LogP contribution in [0.5, 0.6) is 0 Å². The van der Waals surface area contributed by atoms with Crippen LogP contribution in [0.1, 0.15) is 0 Å². The summed E-state index contributed by atoms with van der Waals surface area (Å²) in [5.41, 5.74) is 2.69. The highest BCUT2D eigenvalue weighted by Gasteiger charge is 1.76. The largest absolute Gasteiger partial charge is 0.410 e. The van der Waals surface area contributed by atoms with Crippen molar-refractivity contribution in [3.05, 3.63) is 0 Å². The summed E-state index contributed by atoms with van der Waals surface area (Å²) in [4.78, 5) is 0. The molecule has 0 saturated carbocycles. The molecule has 0 spiro atoms. The van der Waals surface area contributed by atoms with Crippen LogP contribution in [0, 0.1) is 0 Å². The van der Waals surface area contributed by atoms with Gasteiger partial charge >= 0.3 is 0 Å². The second-order valence-corrected chi connectivity index (χ2v) is 2.37. The van der Waals surface area contributed by atoms with Crippen LogP contribution >= 0.6 is 12.2 Å². The normalized spacial score (nSPS) is 9.00. The zero-order valence-electron chi connectivity index (χ0n) is 4.26. The minimum atomic E-state index is 0.380. The van der Waals surface area contributed by atoms with Crippen LogP contribution in [0.3, 0.4) is 0 Å². The van der Waals surface area contributed by atoms with E-state index in [0.717, 1.165) is 0 Å². The first-order chi connectivity index (χ1) is 3.13. The lowest BCUT2D eigenvalue weighted by Gasteiger charge is -2.15. The van der Waals surface area contributed by atoms with Gasteiger partial charge in [-0.3, -0.25) is 0 Å². The van der Waals surface area contributed by atoms with Gasteiger partial charge in [0.15, 0.2) is 0 Å². The van der Waals surface area contributed by atoms with Gasteiger partial charge in [-0.1, -0.05) is 0 Å². The summed E-state index contributed by atoms with van der Waals surface area (Å²) in [6.07, 6.45) is 0. The van der Waals surface area contributed by atoms with Crippen molar-refractivity contribution in [1.82, 2.24) is 10.4 Å². The van der Waals surface area contributed by atoms with Crippen LogP contribution in [0.15, 0.2) is 0 Å².